The van der Waals surface area contributed by atoms with E-state index >= 15 is 0 Å². The summed E-state index contributed by atoms with van der Waals surface area (Å²) < 4.78 is 31.2. The van der Waals surface area contributed by atoms with Gasteiger partial charge in [-0.3, -0.25) is 9.98 Å². The van der Waals surface area contributed by atoms with E-state index < -0.39 is 10.0 Å². The highest BCUT2D eigenvalue weighted by Gasteiger charge is 2.12. The van der Waals surface area contributed by atoms with Crippen molar-refractivity contribution in [2.24, 2.45) is 4.99 Å². The molecule has 0 unspecified atom stereocenters. The first-order chi connectivity index (χ1) is 10.1. The maximum absolute atomic E-state index is 11.9. The van der Waals surface area contributed by atoms with Crippen LogP contribution in [-0.4, -0.2) is 59.8 Å². The second kappa shape index (κ2) is 11.6. The summed E-state index contributed by atoms with van der Waals surface area (Å²) >= 11 is 0. The van der Waals surface area contributed by atoms with E-state index in [4.69, 9.17) is 4.74 Å². The molecule has 1 aromatic heterocycles. The average molecular weight is 443 g/mol. The quantitative estimate of drug-likeness (QED) is 0.222. The molecule has 0 atom stereocenters. The van der Waals surface area contributed by atoms with Crippen molar-refractivity contribution in [3.8, 4) is 0 Å². The fourth-order valence-corrected chi connectivity index (χ4v) is 2.44. The zero-order chi connectivity index (χ0) is 15.6. The molecule has 0 spiro atoms. The fourth-order valence-electron chi connectivity index (χ4n) is 1.45. The number of methoxy groups -OCH3 is 1. The second-order valence-electron chi connectivity index (χ2n) is 4.01. The normalized spacial score (nSPS) is 11.6. The molecule has 0 aromatic carbocycles. The van der Waals surface area contributed by atoms with E-state index in [1.54, 1.807) is 20.2 Å². The third kappa shape index (κ3) is 7.87. The lowest BCUT2D eigenvalue weighted by Gasteiger charge is -2.12. The van der Waals surface area contributed by atoms with Crippen molar-refractivity contribution in [3.05, 3.63) is 24.5 Å². The van der Waals surface area contributed by atoms with Crippen LogP contribution in [0.2, 0.25) is 0 Å². The molecule has 0 saturated carbocycles. The summed E-state index contributed by atoms with van der Waals surface area (Å²) in [6, 6.07) is 3.07. The van der Waals surface area contributed by atoms with E-state index in [2.05, 4.69) is 25.3 Å². The van der Waals surface area contributed by atoms with Crippen LogP contribution < -0.4 is 15.4 Å². The zero-order valence-corrected chi connectivity index (χ0v) is 15.7. The van der Waals surface area contributed by atoms with E-state index in [-0.39, 0.29) is 35.4 Å². The first-order valence-corrected chi connectivity index (χ1v) is 7.91. The molecule has 0 amide bonds. The second-order valence-corrected chi connectivity index (χ2v) is 5.77. The average Bonchev–Trinajstić information content (AvgIpc) is 2.50. The zero-order valence-electron chi connectivity index (χ0n) is 12.6. The van der Waals surface area contributed by atoms with Crippen LogP contribution in [-0.2, 0) is 14.8 Å². The van der Waals surface area contributed by atoms with Gasteiger partial charge in [0, 0.05) is 46.2 Å². The van der Waals surface area contributed by atoms with Gasteiger partial charge in [-0.1, -0.05) is 0 Å². The Morgan fingerprint density at radius 2 is 2.05 bits per heavy atom. The van der Waals surface area contributed by atoms with Crippen LogP contribution in [0.5, 0.6) is 0 Å². The van der Waals surface area contributed by atoms with Gasteiger partial charge in [0.25, 0.3) is 0 Å². The summed E-state index contributed by atoms with van der Waals surface area (Å²) in [5.74, 6) is 0.590. The first kappa shape index (κ1) is 21.0. The summed E-state index contributed by atoms with van der Waals surface area (Å²) in [4.78, 5) is 7.94. The standard InChI is InChI=1S/C12H21N5O3S.HI/c1-13-12(16-8-9-20-2)15-6-7-17-21(18,19)11-4-3-5-14-10-11;/h3-5,10,17H,6-9H2,1-2H3,(H2,13,15,16);1H. The number of guanidine groups is 1. The van der Waals surface area contributed by atoms with E-state index in [9.17, 15) is 8.42 Å². The summed E-state index contributed by atoms with van der Waals surface area (Å²) in [5.41, 5.74) is 0. The lowest BCUT2D eigenvalue weighted by Crippen LogP contribution is -2.42. The van der Waals surface area contributed by atoms with Gasteiger partial charge in [0.1, 0.15) is 4.90 Å². The Morgan fingerprint density at radius 3 is 2.64 bits per heavy atom. The number of rotatable bonds is 8. The molecule has 1 rings (SSSR count). The van der Waals surface area contributed by atoms with Gasteiger partial charge in [-0.2, -0.15) is 0 Å². The van der Waals surface area contributed by atoms with Crippen LogP contribution in [0, 0.1) is 0 Å². The van der Waals surface area contributed by atoms with Crippen molar-refractivity contribution in [1.82, 2.24) is 20.3 Å². The van der Waals surface area contributed by atoms with Crippen molar-refractivity contribution < 1.29 is 13.2 Å². The minimum absolute atomic E-state index is 0. The summed E-state index contributed by atoms with van der Waals surface area (Å²) in [7, 11) is -0.262. The van der Waals surface area contributed by atoms with Crippen molar-refractivity contribution in [2.75, 3.05) is 40.4 Å². The van der Waals surface area contributed by atoms with E-state index in [1.165, 1.54) is 18.5 Å². The van der Waals surface area contributed by atoms with Gasteiger partial charge >= 0.3 is 0 Å². The number of aliphatic imine (C=N–C) groups is 1. The predicted octanol–water partition coefficient (Wildman–Crippen LogP) is -0.211. The molecule has 0 saturated heterocycles. The highest BCUT2D eigenvalue weighted by molar-refractivity contribution is 14.0. The fraction of sp³-hybridized carbons (Fsp3) is 0.500. The number of aromatic nitrogens is 1. The lowest BCUT2D eigenvalue weighted by molar-refractivity contribution is 0.203. The molecule has 0 radical (unpaired) electrons. The Hall–Kier alpha value is -0.980. The number of pyridine rings is 1. The highest BCUT2D eigenvalue weighted by Crippen LogP contribution is 2.04. The van der Waals surface area contributed by atoms with E-state index in [1.807, 2.05) is 0 Å². The molecule has 0 aliphatic rings. The van der Waals surface area contributed by atoms with Crippen LogP contribution >= 0.6 is 24.0 Å². The van der Waals surface area contributed by atoms with E-state index in [0.29, 0.717) is 25.7 Å². The van der Waals surface area contributed by atoms with Crippen LogP contribution in [0.15, 0.2) is 34.4 Å². The van der Waals surface area contributed by atoms with Gasteiger partial charge < -0.3 is 15.4 Å². The molecular weight excluding hydrogens is 421 g/mol. The lowest BCUT2D eigenvalue weighted by atomic mass is 10.5. The molecule has 126 valence electrons. The monoisotopic (exact) mass is 443 g/mol. The van der Waals surface area contributed by atoms with Crippen LogP contribution in [0.3, 0.4) is 0 Å². The molecule has 10 heteroatoms. The third-order valence-corrected chi connectivity index (χ3v) is 3.92. The Kier molecular flexibility index (Phi) is 11.1. The maximum Gasteiger partial charge on any atom is 0.242 e. The van der Waals surface area contributed by atoms with Gasteiger partial charge in [0.2, 0.25) is 10.0 Å². The van der Waals surface area contributed by atoms with Gasteiger partial charge in [0.05, 0.1) is 6.61 Å². The minimum atomic E-state index is -3.52. The number of nitrogens with zero attached hydrogens (tertiary/aromatic N) is 2. The largest absolute Gasteiger partial charge is 0.383 e. The van der Waals surface area contributed by atoms with Crippen LogP contribution in [0.25, 0.3) is 0 Å². The van der Waals surface area contributed by atoms with Crippen molar-refractivity contribution in [2.45, 2.75) is 4.90 Å². The van der Waals surface area contributed by atoms with E-state index in [0.717, 1.165) is 0 Å². The van der Waals surface area contributed by atoms with Crippen molar-refractivity contribution >= 4 is 40.0 Å². The SMILES string of the molecule is CN=C(NCCNS(=O)(=O)c1cccnc1)NCCOC.I. The van der Waals surface area contributed by atoms with Crippen molar-refractivity contribution in [1.29, 1.82) is 0 Å². The number of halogens is 1. The molecule has 22 heavy (non-hydrogen) atoms. The molecule has 8 nitrogen and oxygen atoms in total. The van der Waals surface area contributed by atoms with Gasteiger partial charge in [-0.15, -0.1) is 24.0 Å². The smallest absolute Gasteiger partial charge is 0.242 e. The summed E-state index contributed by atoms with van der Waals surface area (Å²) in [5, 5.41) is 6.02. The highest BCUT2D eigenvalue weighted by atomic mass is 127. The molecule has 0 aliphatic carbocycles. The summed E-state index contributed by atoms with van der Waals surface area (Å²) in [6.45, 7) is 1.83. The van der Waals surface area contributed by atoms with Gasteiger partial charge in [-0.05, 0) is 12.1 Å². The molecular formula is C12H22IN5O3S. The number of hydrogen-bond donors (Lipinski definition) is 3. The Balaban J connectivity index is 0.00000441. The minimum Gasteiger partial charge on any atom is -0.383 e. The molecule has 1 aromatic rings. The first-order valence-electron chi connectivity index (χ1n) is 6.43. The Morgan fingerprint density at radius 1 is 1.32 bits per heavy atom. The van der Waals surface area contributed by atoms with Crippen LogP contribution in [0.1, 0.15) is 0 Å². The summed E-state index contributed by atoms with van der Waals surface area (Å²) in [6.07, 6.45) is 2.83. The molecule has 1 heterocycles. The third-order valence-electron chi connectivity index (χ3n) is 2.48. The maximum atomic E-state index is 11.9. The number of sulfonamides is 1. The van der Waals surface area contributed by atoms with Crippen LogP contribution in [0.4, 0.5) is 0 Å². The molecule has 0 bridgehead atoms. The predicted molar refractivity (Wildman–Crippen MR) is 96.1 cm³/mol. The number of hydrogen-bond acceptors (Lipinski definition) is 5. The molecule has 3 N–H and O–H groups in total. The number of nitrogens with one attached hydrogen (secondary N) is 3. The van der Waals surface area contributed by atoms with Crippen molar-refractivity contribution in [3.63, 3.8) is 0 Å². The number of ether oxygens (including phenoxy) is 1. The topological polar surface area (TPSA) is 105 Å². The Labute approximate surface area is 148 Å². The Bertz CT molecular complexity index is 539. The molecule has 0 fully saturated rings. The van der Waals surface area contributed by atoms with Gasteiger partial charge in [0.15, 0.2) is 5.96 Å². The molecule has 0 aliphatic heterocycles. The van der Waals surface area contributed by atoms with Gasteiger partial charge in [-0.25, -0.2) is 13.1 Å².